The molecule has 814 valence electrons. The summed E-state index contributed by atoms with van der Waals surface area (Å²) in [4.78, 5) is 203. The smallest absolute Gasteiger partial charge is 1.00 e. The van der Waals surface area contributed by atoms with Gasteiger partial charge in [-0.05, 0) is 266 Å². The van der Waals surface area contributed by atoms with Gasteiger partial charge in [0.25, 0.3) is 0 Å². The van der Waals surface area contributed by atoms with Crippen molar-refractivity contribution in [2.45, 2.75) is 397 Å². The Morgan fingerprint density at radius 1 is 0.486 bits per heavy atom. The number of nitrogens with two attached hydrogens (primary N) is 1. The number of nitrogens with one attached hydrogen (secondary N) is 6. The minimum atomic E-state index is -1.12. The Morgan fingerprint density at radius 3 is 1.31 bits per heavy atom. The van der Waals surface area contributed by atoms with E-state index in [0.29, 0.717) is 123 Å². The molecule has 0 bridgehead atoms. The zero-order chi connectivity index (χ0) is 108. The maximum absolute atomic E-state index is 13.6. The number of ether oxygens (including phenoxy) is 9. The van der Waals surface area contributed by atoms with E-state index in [4.69, 9.17) is 69.1 Å². The van der Waals surface area contributed by atoms with Gasteiger partial charge in [-0.2, -0.15) is 0 Å². The molecule has 0 spiro atoms. The van der Waals surface area contributed by atoms with E-state index in [0.717, 1.165) is 83.5 Å². The molecule has 3 unspecified atom stereocenters. The van der Waals surface area contributed by atoms with Crippen molar-refractivity contribution in [3.05, 3.63) is 75.4 Å². The number of likely N-dealkylation sites (tertiary alicyclic amines) is 3. The van der Waals surface area contributed by atoms with Gasteiger partial charge in [0.2, 0.25) is 29.5 Å². The molecule has 12 N–H and O–H groups in total. The van der Waals surface area contributed by atoms with Crippen LogP contribution < -0.4 is 56.5 Å². The number of carboxylic acid groups (broad SMARTS) is 2. The van der Waals surface area contributed by atoms with E-state index in [-0.39, 0.29) is 112 Å². The summed E-state index contributed by atoms with van der Waals surface area (Å²) in [5.74, 6) is -5.68. The van der Waals surface area contributed by atoms with E-state index in [1.54, 1.807) is 155 Å². The number of amides is 10. The summed E-state index contributed by atoms with van der Waals surface area (Å²) in [5.41, 5.74) is -1.51. The maximum atomic E-state index is 13.6. The summed E-state index contributed by atoms with van der Waals surface area (Å²) in [7, 11) is 0. The molecule has 10 amide bonds. The Bertz CT molecular complexity index is 4320. The average Bonchev–Trinajstić information content (AvgIpc) is 1.59. The number of esters is 4. The maximum Gasteiger partial charge on any atom is 1.00 e. The predicted molar refractivity (Wildman–Crippen MR) is 538 cm³/mol. The van der Waals surface area contributed by atoms with E-state index in [9.17, 15) is 76.7 Å². The van der Waals surface area contributed by atoms with E-state index < -0.39 is 153 Å². The van der Waals surface area contributed by atoms with Crippen molar-refractivity contribution in [2.24, 2.45) is 29.4 Å². The first-order valence-corrected chi connectivity index (χ1v) is 49.9. The number of nitrogens with zero attached hydrogens (tertiary/aromatic N) is 4. The fourth-order valence-corrected chi connectivity index (χ4v) is 16.7. The van der Waals surface area contributed by atoms with Crippen LogP contribution in [0.3, 0.4) is 0 Å². The summed E-state index contributed by atoms with van der Waals surface area (Å²) in [6.07, 6.45) is 28.4. The summed E-state index contributed by atoms with van der Waals surface area (Å²) in [5, 5.41) is 46.3. The molecular formula is C102H169ClLiN11O29. The molecule has 15 atom stereocenters. The summed E-state index contributed by atoms with van der Waals surface area (Å²) in [6.45, 7) is 54.6. The summed E-state index contributed by atoms with van der Waals surface area (Å²) < 4.78 is 46.6. The van der Waals surface area contributed by atoms with Crippen LogP contribution in [0.5, 0.6) is 0 Å². The number of carbonyl (C=O) groups excluding carboxylic acids is 14. The number of carboxylic acids is 2. The summed E-state index contributed by atoms with van der Waals surface area (Å²) >= 11 is 0. The number of unbranched alkanes of at least 4 members (excludes halogenated alkanes) is 6. The van der Waals surface area contributed by atoms with Gasteiger partial charge in [0.05, 0.1) is 26.4 Å². The second-order valence-corrected chi connectivity index (χ2v) is 41.5. The minimum absolute atomic E-state index is 0. The van der Waals surface area contributed by atoms with Crippen LogP contribution in [0.4, 0.5) is 24.0 Å². The standard InChI is InChI=1S/C27H43N3O6.C25H39N3O6.C18H28N2O5.C14H25NO4.C10H17NO4.C8H13NO2.ClH.Li.H2O2.H/c1-7-10-11-12-13-15-20(28-25(34)36-26(4,5)6)23(32)30-17-14-16-21(30)22(31)29-27(18-19(27)8-2)24(33)35-9-3;1-5-33-22(31)25-16-17(25)12-9-7-6-8-10-13-18(26-23(32)34-24(2,3)4)21(30)28-15-11-14-19(28)20(29)27-25;1-6-12-11-18(12,15(22)24-7-2)19-14(21)13-9-8-10-20(13)16(23)25-17(3,4)5;1-5-6-7-8-9-10-11(12(16)17)15-13(18)19-14(2,3)4;1-10(2,3)15-9(14)11-6-4-5-7(11)8(12)13;1-3-6-5-8(6,9)7(10)11-4-2;;;1-2;/h7-8,19-21H,1-2,9-18H2,3-6H3,(H,28,34)(H,29,31);9,12,17-19H,5-8,10-11,13-16H2,1-4H3,(H,26,32)(H,27,29);6,12-13H,1,7-11H2,2-5H3,(H,19,21);5,11H,1,6-10H2,2-4H3,(H,15,18)(H,16,17);7H,4-6H2,1-3H3,(H,12,13);3,6H,1,4-5,9H2,2H3;1H;;1-2H;/q;;;;;;;+1;;-1/b;12-9-;;;;;;;;/t19?,20-,21-,27+;17-,18+,19+,25-;12?,13-,18+;11-;7-;6?,8-;;;;/m010001..../s1. The fraction of sp³-hybridized carbons (Fsp3) is 0.725. The SMILES string of the molecule is C=CC1C[C@]1(N)C(=O)OCC.C=CC1C[C@]1(NC(=O)[C@@H]1CCCN1C(=O)OC(C)(C)C)C(=O)OCC.C=CCCCCC[C@H](NC(=O)OC(C)(C)C)C(=O)N1CCC[C@H]1C(=O)N[C@]1(C(=O)OCC)CC1C=C.C=CCCCCC[C@H](NC(=O)OC(C)(C)C)C(=O)O.CC(C)(C)OC(=O)N1CCC[C@H]1C(=O)O.CCOC(=O)[C@@]12C[C@H]1/C=C\CCCCC[C@H](NC(=O)OC(C)(C)C)C(=O)N1CCC[C@H]1C(=O)N2.Cl.OO.[H-].[Li+]. The van der Waals surface area contributed by atoms with Gasteiger partial charge in [0.1, 0.15) is 92.5 Å². The molecule has 9 rings (SSSR count). The van der Waals surface area contributed by atoms with Gasteiger partial charge in [0.15, 0.2) is 0 Å². The van der Waals surface area contributed by atoms with Crippen LogP contribution in [0.2, 0.25) is 0 Å². The number of carbonyl (C=O) groups is 16. The summed E-state index contributed by atoms with van der Waals surface area (Å²) in [6, 6.07) is -5.23. The normalized spacial score (nSPS) is 24.8. The van der Waals surface area contributed by atoms with Crippen LogP contribution >= 0.6 is 12.4 Å². The molecule has 9 aliphatic rings. The fourth-order valence-electron chi connectivity index (χ4n) is 16.7. The van der Waals surface area contributed by atoms with Crippen LogP contribution in [0, 0.1) is 23.7 Å². The van der Waals surface area contributed by atoms with Crippen molar-refractivity contribution in [1.82, 2.24) is 51.5 Å². The second-order valence-electron chi connectivity index (χ2n) is 41.5. The van der Waals surface area contributed by atoms with E-state index in [1.807, 2.05) is 18.2 Å². The number of allylic oxidation sites excluding steroid dienone is 3. The molecule has 0 aromatic rings. The molecule has 42 heteroatoms. The number of fused-ring (bicyclic) bond motifs is 2. The van der Waals surface area contributed by atoms with E-state index >= 15 is 0 Å². The third-order valence-electron chi connectivity index (χ3n) is 24.1. The number of hydrogen-bond acceptors (Lipinski definition) is 28. The molecule has 8 fully saturated rings. The Kier molecular flexibility index (Phi) is 56.1. The molecule has 0 aromatic carbocycles. The van der Waals surface area contributed by atoms with E-state index in [1.165, 1.54) is 14.7 Å². The molecule has 0 aromatic heterocycles. The quantitative estimate of drug-likeness (QED) is 0.00553. The van der Waals surface area contributed by atoms with Gasteiger partial charge in [0, 0.05) is 49.9 Å². The molecule has 5 aliphatic heterocycles. The number of alkyl carbamates (subject to hydrolysis) is 3. The van der Waals surface area contributed by atoms with Crippen molar-refractivity contribution >= 4 is 108 Å². The van der Waals surface area contributed by atoms with Crippen LogP contribution in [0.1, 0.15) is 306 Å². The monoisotopic (exact) mass is 2050 g/mol. The van der Waals surface area contributed by atoms with Gasteiger partial charge in [-0.25, -0.2) is 47.9 Å². The number of hydrogen-bond donors (Lipinski definition) is 11. The van der Waals surface area contributed by atoms with Gasteiger partial charge >= 0.3 is 85.1 Å². The molecule has 144 heavy (non-hydrogen) atoms. The van der Waals surface area contributed by atoms with Crippen molar-refractivity contribution in [1.29, 1.82) is 0 Å². The minimum Gasteiger partial charge on any atom is -1.00 e. The molecule has 4 saturated heterocycles. The molecular weight excluding hydrogens is 1890 g/mol. The first-order valence-electron chi connectivity index (χ1n) is 49.9. The second kappa shape index (κ2) is 61.4. The molecule has 4 aliphatic carbocycles. The first-order chi connectivity index (χ1) is 66.4. The third-order valence-corrected chi connectivity index (χ3v) is 24.1. The topological polar surface area (TPSA) is 548 Å². The van der Waals surface area contributed by atoms with Crippen LogP contribution in [-0.2, 0) is 95.4 Å². The number of aliphatic carboxylic acids is 2. The Balaban J connectivity index is 0.00000177. The van der Waals surface area contributed by atoms with Gasteiger partial charge in [-0.3, -0.25) is 49.1 Å². The van der Waals surface area contributed by atoms with E-state index in [2.05, 4.69) is 70.9 Å². The van der Waals surface area contributed by atoms with Crippen molar-refractivity contribution in [3.63, 3.8) is 0 Å². The Hall–Kier alpha value is -10.3. The van der Waals surface area contributed by atoms with Crippen molar-refractivity contribution < 1.29 is 160 Å². The van der Waals surface area contributed by atoms with Gasteiger partial charge in [-0.15, -0.1) is 45.3 Å². The largest absolute Gasteiger partial charge is 1.00 e. The zero-order valence-corrected chi connectivity index (χ0v) is 89.8. The van der Waals surface area contributed by atoms with Crippen LogP contribution in [0.25, 0.3) is 0 Å². The zero-order valence-electron chi connectivity index (χ0n) is 89.9. The Labute approximate surface area is 870 Å². The molecule has 0 radical (unpaired) electrons. The number of rotatable bonds is 33. The molecule has 5 heterocycles. The van der Waals surface area contributed by atoms with Gasteiger partial charge in [-0.1, -0.05) is 81.1 Å². The molecule has 40 nitrogen and oxygen atoms in total. The third kappa shape index (κ3) is 43.4. The first kappa shape index (κ1) is 132. The number of halogens is 1. The van der Waals surface area contributed by atoms with Crippen LogP contribution in [-0.4, -0.2) is 281 Å². The van der Waals surface area contributed by atoms with Crippen molar-refractivity contribution in [2.75, 3.05) is 52.6 Å². The predicted octanol–water partition coefficient (Wildman–Crippen LogP) is 11.1. The average molecular weight is 2060 g/mol. The van der Waals surface area contributed by atoms with Crippen LogP contribution in [0.15, 0.2) is 75.4 Å². The Morgan fingerprint density at radius 2 is 0.889 bits per heavy atom. The van der Waals surface area contributed by atoms with Crippen molar-refractivity contribution in [3.8, 4) is 0 Å². The van der Waals surface area contributed by atoms with Gasteiger partial charge < -0.3 is 102 Å². The molecule has 4 saturated carbocycles.